The van der Waals surface area contributed by atoms with Gasteiger partial charge in [0.05, 0.1) is 11.9 Å². The first-order valence-corrected chi connectivity index (χ1v) is 7.59. The van der Waals surface area contributed by atoms with Crippen molar-refractivity contribution in [1.82, 2.24) is 24.8 Å². The molecule has 4 rings (SSSR count). The van der Waals surface area contributed by atoms with Gasteiger partial charge in [0.25, 0.3) is 0 Å². The minimum atomic E-state index is 0.444. The minimum absolute atomic E-state index is 0.444. The van der Waals surface area contributed by atoms with Gasteiger partial charge in [0.15, 0.2) is 17.2 Å². The van der Waals surface area contributed by atoms with Crippen LogP contribution in [0.3, 0.4) is 0 Å². The number of nitrogens with two attached hydrogens (primary N) is 1. The van der Waals surface area contributed by atoms with E-state index in [1.807, 2.05) is 5.38 Å². The molecule has 0 saturated carbocycles. The van der Waals surface area contributed by atoms with E-state index in [0.29, 0.717) is 17.2 Å². The first-order chi connectivity index (χ1) is 10.7. The van der Waals surface area contributed by atoms with Crippen molar-refractivity contribution in [3.8, 4) is 22.0 Å². The van der Waals surface area contributed by atoms with E-state index in [1.54, 1.807) is 16.8 Å². The zero-order valence-electron chi connectivity index (χ0n) is 11.8. The third-order valence-electron chi connectivity index (χ3n) is 3.40. The normalized spacial score (nSPS) is 11.1. The van der Waals surface area contributed by atoms with Gasteiger partial charge in [-0.2, -0.15) is 9.61 Å². The molecule has 0 fully saturated rings. The molecule has 3 heterocycles. The number of thiazole rings is 1. The highest BCUT2D eigenvalue weighted by Gasteiger charge is 2.14. The van der Waals surface area contributed by atoms with Gasteiger partial charge in [-0.1, -0.05) is 29.8 Å². The van der Waals surface area contributed by atoms with Crippen molar-refractivity contribution in [2.24, 2.45) is 0 Å². The van der Waals surface area contributed by atoms with Gasteiger partial charge in [0, 0.05) is 17.0 Å². The Labute approximate surface area is 130 Å². The molecule has 0 radical (unpaired) electrons. The van der Waals surface area contributed by atoms with Crippen LogP contribution in [0.25, 0.3) is 27.6 Å². The second kappa shape index (κ2) is 4.88. The lowest BCUT2D eigenvalue weighted by molar-refractivity contribution is 0.906. The van der Waals surface area contributed by atoms with Gasteiger partial charge in [0.2, 0.25) is 0 Å². The molecule has 0 unspecified atom stereocenters. The molecule has 0 aliphatic rings. The zero-order chi connectivity index (χ0) is 15.1. The number of hydrogen-bond acceptors (Lipinski definition) is 6. The average Bonchev–Trinajstić information content (AvgIpc) is 3.17. The first kappa shape index (κ1) is 12.9. The van der Waals surface area contributed by atoms with Gasteiger partial charge in [-0.25, -0.2) is 4.98 Å². The fraction of sp³-hybridized carbons (Fsp3) is 0.0667. The molecule has 0 spiro atoms. The maximum absolute atomic E-state index is 6.13. The Bertz CT molecular complexity index is 954. The molecule has 3 aromatic heterocycles. The van der Waals surface area contributed by atoms with Crippen LogP contribution in [0.4, 0.5) is 5.82 Å². The van der Waals surface area contributed by atoms with Crippen LogP contribution in [0.5, 0.6) is 0 Å². The maximum atomic E-state index is 6.13. The largest absolute Gasteiger partial charge is 0.382 e. The third kappa shape index (κ3) is 2.03. The molecule has 0 amide bonds. The van der Waals surface area contributed by atoms with Gasteiger partial charge in [-0.15, -0.1) is 21.5 Å². The highest BCUT2D eigenvalue weighted by Crippen LogP contribution is 2.30. The summed E-state index contributed by atoms with van der Waals surface area (Å²) in [6, 6.07) is 10.0. The van der Waals surface area contributed by atoms with E-state index in [-0.39, 0.29) is 0 Å². The Morgan fingerprint density at radius 3 is 2.73 bits per heavy atom. The SMILES string of the molecule is Cc1ccc(-c2csc(-c3nnc4ccnn4c3N)n2)cc1. The maximum Gasteiger partial charge on any atom is 0.179 e. The first-order valence-electron chi connectivity index (χ1n) is 6.71. The number of hydrogen-bond donors (Lipinski definition) is 1. The molecule has 4 aromatic rings. The molecule has 0 saturated heterocycles. The molecule has 7 heteroatoms. The number of aromatic nitrogens is 5. The van der Waals surface area contributed by atoms with E-state index >= 15 is 0 Å². The molecule has 0 atom stereocenters. The number of fused-ring (bicyclic) bond motifs is 1. The van der Waals surface area contributed by atoms with Crippen LogP contribution in [0.2, 0.25) is 0 Å². The summed E-state index contributed by atoms with van der Waals surface area (Å²) in [5, 5.41) is 15.2. The molecular weight excluding hydrogens is 296 g/mol. The second-order valence-corrected chi connectivity index (χ2v) is 5.80. The summed E-state index contributed by atoms with van der Waals surface area (Å²) in [5.74, 6) is 0.444. The zero-order valence-corrected chi connectivity index (χ0v) is 12.6. The summed E-state index contributed by atoms with van der Waals surface area (Å²) < 4.78 is 1.56. The summed E-state index contributed by atoms with van der Waals surface area (Å²) in [6.45, 7) is 2.06. The standard InChI is InChI=1S/C15H12N6S/c1-9-2-4-10(5-3-9)11-8-22-15(18-11)13-14(16)21-12(19-20-13)6-7-17-21/h2-8H,16H2,1H3. The molecule has 0 aliphatic heterocycles. The molecule has 108 valence electrons. The lowest BCUT2D eigenvalue weighted by Gasteiger charge is -2.02. The average molecular weight is 308 g/mol. The van der Waals surface area contributed by atoms with Crippen LogP contribution in [0, 0.1) is 6.92 Å². The summed E-state index contributed by atoms with van der Waals surface area (Å²) in [6.07, 6.45) is 1.64. The molecule has 1 aromatic carbocycles. The van der Waals surface area contributed by atoms with Crippen LogP contribution < -0.4 is 5.73 Å². The van der Waals surface area contributed by atoms with E-state index in [1.165, 1.54) is 16.9 Å². The van der Waals surface area contributed by atoms with Gasteiger partial charge in [-0.05, 0) is 6.92 Å². The van der Waals surface area contributed by atoms with Crippen LogP contribution in [0.15, 0.2) is 41.9 Å². The van der Waals surface area contributed by atoms with Gasteiger partial charge in [-0.3, -0.25) is 0 Å². The molecule has 22 heavy (non-hydrogen) atoms. The third-order valence-corrected chi connectivity index (χ3v) is 4.25. The van der Waals surface area contributed by atoms with E-state index in [0.717, 1.165) is 16.3 Å². The predicted molar refractivity (Wildman–Crippen MR) is 86.5 cm³/mol. The van der Waals surface area contributed by atoms with Crippen LogP contribution >= 0.6 is 11.3 Å². The number of nitrogens with zero attached hydrogens (tertiary/aromatic N) is 5. The topological polar surface area (TPSA) is 82.0 Å². The van der Waals surface area contributed by atoms with Crippen LogP contribution in [0.1, 0.15) is 5.56 Å². The molecular formula is C15H12N6S. The van der Waals surface area contributed by atoms with Crippen LogP contribution in [-0.4, -0.2) is 24.8 Å². The van der Waals surface area contributed by atoms with Gasteiger partial charge in [0.1, 0.15) is 5.01 Å². The lowest BCUT2D eigenvalue weighted by atomic mass is 10.1. The van der Waals surface area contributed by atoms with Crippen LogP contribution in [-0.2, 0) is 0 Å². The van der Waals surface area contributed by atoms with E-state index in [4.69, 9.17) is 5.73 Å². The summed E-state index contributed by atoms with van der Waals surface area (Å²) in [4.78, 5) is 4.63. The number of anilines is 1. The van der Waals surface area contributed by atoms with Crippen molar-refractivity contribution >= 4 is 22.8 Å². The van der Waals surface area contributed by atoms with E-state index in [9.17, 15) is 0 Å². The second-order valence-electron chi connectivity index (χ2n) is 4.94. The van der Waals surface area contributed by atoms with E-state index < -0.39 is 0 Å². The van der Waals surface area contributed by atoms with Crippen molar-refractivity contribution in [3.05, 3.63) is 47.5 Å². The Hall–Kier alpha value is -2.80. The lowest BCUT2D eigenvalue weighted by Crippen LogP contribution is -2.05. The van der Waals surface area contributed by atoms with Crippen molar-refractivity contribution < 1.29 is 0 Å². The Kier molecular flexibility index (Phi) is 2.87. The monoisotopic (exact) mass is 308 g/mol. The molecule has 0 bridgehead atoms. The van der Waals surface area contributed by atoms with Gasteiger partial charge >= 0.3 is 0 Å². The van der Waals surface area contributed by atoms with Crippen molar-refractivity contribution in [3.63, 3.8) is 0 Å². The number of rotatable bonds is 2. The Balaban J connectivity index is 1.79. The highest BCUT2D eigenvalue weighted by molar-refractivity contribution is 7.13. The smallest absolute Gasteiger partial charge is 0.179 e. The van der Waals surface area contributed by atoms with E-state index in [2.05, 4.69) is 51.5 Å². The Morgan fingerprint density at radius 1 is 1.09 bits per heavy atom. The minimum Gasteiger partial charge on any atom is -0.382 e. The fourth-order valence-electron chi connectivity index (χ4n) is 2.20. The van der Waals surface area contributed by atoms with Gasteiger partial charge < -0.3 is 5.73 Å². The van der Waals surface area contributed by atoms with Crippen molar-refractivity contribution in [2.75, 3.05) is 5.73 Å². The summed E-state index contributed by atoms with van der Waals surface area (Å²) in [5.41, 5.74) is 10.5. The molecule has 6 nitrogen and oxygen atoms in total. The number of nitrogen functional groups attached to an aromatic ring is 1. The predicted octanol–water partition coefficient (Wildman–Crippen LogP) is 2.81. The number of aryl methyl sites for hydroxylation is 1. The molecule has 0 aliphatic carbocycles. The van der Waals surface area contributed by atoms with Crippen molar-refractivity contribution in [1.29, 1.82) is 0 Å². The summed E-state index contributed by atoms with van der Waals surface area (Å²) >= 11 is 1.49. The highest BCUT2D eigenvalue weighted by atomic mass is 32.1. The summed E-state index contributed by atoms with van der Waals surface area (Å²) in [7, 11) is 0. The Morgan fingerprint density at radius 2 is 1.91 bits per heavy atom. The quantitative estimate of drug-likeness (QED) is 0.616. The molecule has 2 N–H and O–H groups in total. The van der Waals surface area contributed by atoms with Crippen molar-refractivity contribution in [2.45, 2.75) is 6.92 Å². The number of benzene rings is 1. The fourth-order valence-corrected chi connectivity index (χ4v) is 3.02.